The minimum atomic E-state index is -0.353. The lowest BCUT2D eigenvalue weighted by atomic mass is 10.1. The minimum Gasteiger partial charge on any atom is -0.277 e. The fourth-order valence-electron chi connectivity index (χ4n) is 3.98. The van der Waals surface area contributed by atoms with Crippen LogP contribution in [0, 0.1) is 10.1 Å². The number of hydrogen-bond donors (Lipinski definition) is 0. The molecule has 1 heterocycles. The molecule has 0 spiro atoms. The van der Waals surface area contributed by atoms with Crippen molar-refractivity contribution in [1.82, 2.24) is 14.7 Å². The lowest BCUT2D eigenvalue weighted by molar-refractivity contribution is -0.384. The van der Waals surface area contributed by atoms with Gasteiger partial charge in [-0.15, -0.1) is 0 Å². The molecule has 0 N–H and O–H groups in total. The highest BCUT2D eigenvalue weighted by molar-refractivity contribution is 5.80. The van der Waals surface area contributed by atoms with E-state index in [1.807, 2.05) is 4.68 Å². The van der Waals surface area contributed by atoms with Crippen LogP contribution in [-0.4, -0.2) is 26.1 Å². The van der Waals surface area contributed by atoms with Crippen molar-refractivity contribution in [3.63, 3.8) is 0 Å². The van der Waals surface area contributed by atoms with Crippen LogP contribution in [0.4, 0.5) is 5.69 Å². The SMILES string of the molecule is CCCN(Cn1ncc2ccc([N+](=O)[O-])cc21)[C@H]1CCc2ccccc21. The van der Waals surface area contributed by atoms with E-state index >= 15 is 0 Å². The summed E-state index contributed by atoms with van der Waals surface area (Å²) >= 11 is 0. The standard InChI is InChI=1S/C20H22N4O2/c1-2-11-22(19-10-8-15-5-3-4-6-18(15)19)14-23-20-12-17(24(25)26)9-7-16(20)13-21-23/h3-7,9,12-13,19H,2,8,10-11,14H2,1H3/t19-/m0/s1. The van der Waals surface area contributed by atoms with Gasteiger partial charge in [-0.3, -0.25) is 19.7 Å². The first-order valence-corrected chi connectivity index (χ1v) is 9.09. The Kier molecular flexibility index (Phi) is 4.42. The van der Waals surface area contributed by atoms with E-state index in [-0.39, 0.29) is 10.6 Å². The maximum atomic E-state index is 11.1. The van der Waals surface area contributed by atoms with Crippen LogP contribution in [0.1, 0.15) is 36.9 Å². The summed E-state index contributed by atoms with van der Waals surface area (Å²) in [5, 5.41) is 16.5. The highest BCUT2D eigenvalue weighted by Gasteiger charge is 2.27. The fraction of sp³-hybridized carbons (Fsp3) is 0.350. The lowest BCUT2D eigenvalue weighted by Crippen LogP contribution is -2.31. The van der Waals surface area contributed by atoms with Crippen molar-refractivity contribution in [3.05, 3.63) is 69.9 Å². The monoisotopic (exact) mass is 350 g/mol. The summed E-state index contributed by atoms with van der Waals surface area (Å²) in [6.07, 6.45) is 5.05. The Morgan fingerprint density at radius 3 is 2.96 bits per heavy atom. The number of aryl methyl sites for hydroxylation is 1. The first-order valence-electron chi connectivity index (χ1n) is 9.09. The Hall–Kier alpha value is -2.73. The molecular weight excluding hydrogens is 328 g/mol. The molecule has 26 heavy (non-hydrogen) atoms. The Morgan fingerprint density at radius 2 is 2.15 bits per heavy atom. The molecule has 3 aromatic rings. The van der Waals surface area contributed by atoms with Crippen molar-refractivity contribution in [2.24, 2.45) is 0 Å². The van der Waals surface area contributed by atoms with Gasteiger partial charge >= 0.3 is 0 Å². The molecule has 134 valence electrons. The Morgan fingerprint density at radius 1 is 1.31 bits per heavy atom. The van der Waals surface area contributed by atoms with Gasteiger partial charge in [0, 0.05) is 30.1 Å². The van der Waals surface area contributed by atoms with E-state index < -0.39 is 0 Å². The van der Waals surface area contributed by atoms with Crippen LogP contribution in [0.5, 0.6) is 0 Å². The Balaban J connectivity index is 1.66. The highest BCUT2D eigenvalue weighted by Crippen LogP contribution is 2.36. The number of fused-ring (bicyclic) bond motifs is 2. The fourth-order valence-corrected chi connectivity index (χ4v) is 3.98. The molecule has 0 bridgehead atoms. The van der Waals surface area contributed by atoms with Gasteiger partial charge in [-0.05, 0) is 36.5 Å². The average Bonchev–Trinajstić information content (AvgIpc) is 3.25. The molecule has 0 aliphatic heterocycles. The number of non-ortho nitro benzene ring substituents is 1. The van der Waals surface area contributed by atoms with E-state index in [4.69, 9.17) is 0 Å². The van der Waals surface area contributed by atoms with E-state index in [0.717, 1.165) is 36.7 Å². The molecule has 0 fully saturated rings. The van der Waals surface area contributed by atoms with Crippen molar-refractivity contribution < 1.29 is 4.92 Å². The minimum absolute atomic E-state index is 0.104. The molecule has 4 rings (SSSR count). The van der Waals surface area contributed by atoms with Crippen molar-refractivity contribution >= 4 is 16.6 Å². The van der Waals surface area contributed by atoms with Crippen molar-refractivity contribution in [2.45, 2.75) is 38.9 Å². The molecule has 1 aliphatic rings. The van der Waals surface area contributed by atoms with E-state index in [1.54, 1.807) is 18.3 Å². The molecular formula is C20H22N4O2. The maximum Gasteiger partial charge on any atom is 0.271 e. The summed E-state index contributed by atoms with van der Waals surface area (Å²) < 4.78 is 1.89. The molecule has 0 saturated carbocycles. The van der Waals surface area contributed by atoms with Gasteiger partial charge in [0.05, 0.1) is 23.3 Å². The third-order valence-electron chi connectivity index (χ3n) is 5.21. The molecule has 6 nitrogen and oxygen atoms in total. The largest absolute Gasteiger partial charge is 0.277 e. The summed E-state index contributed by atoms with van der Waals surface area (Å²) in [5.41, 5.74) is 3.75. The van der Waals surface area contributed by atoms with Crippen molar-refractivity contribution in [2.75, 3.05) is 6.54 Å². The molecule has 0 saturated heterocycles. The summed E-state index contributed by atoms with van der Waals surface area (Å²) in [7, 11) is 0. The van der Waals surface area contributed by atoms with Gasteiger partial charge < -0.3 is 0 Å². The number of benzene rings is 2. The Labute approximate surface area is 152 Å². The van der Waals surface area contributed by atoms with Gasteiger partial charge in [0.2, 0.25) is 0 Å². The molecule has 0 amide bonds. The van der Waals surface area contributed by atoms with Crippen molar-refractivity contribution in [1.29, 1.82) is 0 Å². The predicted octanol–water partition coefficient (Wildman–Crippen LogP) is 4.30. The molecule has 1 aliphatic carbocycles. The molecule has 1 aromatic heterocycles. The third-order valence-corrected chi connectivity index (χ3v) is 5.21. The molecule has 2 aromatic carbocycles. The summed E-state index contributed by atoms with van der Waals surface area (Å²) in [6, 6.07) is 13.9. The number of nitrogens with zero attached hydrogens (tertiary/aromatic N) is 4. The van der Waals surface area contributed by atoms with E-state index in [0.29, 0.717) is 12.7 Å². The Bertz CT molecular complexity index is 950. The third kappa shape index (κ3) is 2.97. The smallest absolute Gasteiger partial charge is 0.271 e. The van der Waals surface area contributed by atoms with Crippen LogP contribution in [0.15, 0.2) is 48.7 Å². The van der Waals surface area contributed by atoms with Gasteiger partial charge in [-0.25, -0.2) is 0 Å². The normalized spacial score (nSPS) is 16.3. The first kappa shape index (κ1) is 16.7. The van der Waals surface area contributed by atoms with E-state index in [2.05, 4.69) is 41.2 Å². The lowest BCUT2D eigenvalue weighted by Gasteiger charge is -2.29. The quantitative estimate of drug-likeness (QED) is 0.491. The van der Waals surface area contributed by atoms with Crippen LogP contribution >= 0.6 is 0 Å². The zero-order chi connectivity index (χ0) is 18.1. The maximum absolute atomic E-state index is 11.1. The molecule has 6 heteroatoms. The molecule has 1 atom stereocenters. The van der Waals surface area contributed by atoms with Crippen LogP contribution in [-0.2, 0) is 13.1 Å². The van der Waals surface area contributed by atoms with E-state index in [9.17, 15) is 10.1 Å². The summed E-state index contributed by atoms with van der Waals surface area (Å²) in [5.74, 6) is 0. The average molecular weight is 350 g/mol. The topological polar surface area (TPSA) is 64.2 Å². The zero-order valence-corrected chi connectivity index (χ0v) is 14.8. The number of rotatable bonds is 6. The van der Waals surface area contributed by atoms with Gasteiger partial charge in [0.1, 0.15) is 0 Å². The predicted molar refractivity (Wildman–Crippen MR) is 101 cm³/mol. The van der Waals surface area contributed by atoms with Crippen LogP contribution in [0.3, 0.4) is 0 Å². The van der Waals surface area contributed by atoms with Gasteiger partial charge in [0.25, 0.3) is 5.69 Å². The van der Waals surface area contributed by atoms with Gasteiger partial charge in [-0.2, -0.15) is 5.10 Å². The first-order chi connectivity index (χ1) is 12.7. The number of hydrogen-bond acceptors (Lipinski definition) is 4. The highest BCUT2D eigenvalue weighted by atomic mass is 16.6. The van der Waals surface area contributed by atoms with Gasteiger partial charge in [0.15, 0.2) is 0 Å². The van der Waals surface area contributed by atoms with Crippen LogP contribution in [0.25, 0.3) is 10.9 Å². The second kappa shape index (κ2) is 6.88. The van der Waals surface area contributed by atoms with Gasteiger partial charge in [-0.1, -0.05) is 31.2 Å². The summed E-state index contributed by atoms with van der Waals surface area (Å²) in [4.78, 5) is 13.2. The van der Waals surface area contributed by atoms with Crippen molar-refractivity contribution in [3.8, 4) is 0 Å². The summed E-state index contributed by atoms with van der Waals surface area (Å²) in [6.45, 7) is 3.78. The van der Waals surface area contributed by atoms with E-state index in [1.165, 1.54) is 17.2 Å². The molecule has 0 radical (unpaired) electrons. The molecule has 0 unspecified atom stereocenters. The second-order valence-electron chi connectivity index (χ2n) is 6.85. The van der Waals surface area contributed by atoms with Crippen LogP contribution in [0.2, 0.25) is 0 Å². The van der Waals surface area contributed by atoms with Crippen LogP contribution < -0.4 is 0 Å². The number of nitro benzene ring substituents is 1. The second-order valence-corrected chi connectivity index (χ2v) is 6.85. The zero-order valence-electron chi connectivity index (χ0n) is 14.8. The number of aromatic nitrogens is 2. The number of nitro groups is 1.